The van der Waals surface area contributed by atoms with Crippen molar-refractivity contribution >= 4 is 11.9 Å². The van der Waals surface area contributed by atoms with Crippen LogP contribution in [0.4, 0.5) is 0 Å². The van der Waals surface area contributed by atoms with Crippen LogP contribution in [0.15, 0.2) is 23.3 Å². The summed E-state index contributed by atoms with van der Waals surface area (Å²) in [6.45, 7) is 8.43. The van der Waals surface area contributed by atoms with Gasteiger partial charge in [0.25, 0.3) is 0 Å². The van der Waals surface area contributed by atoms with E-state index in [-0.39, 0.29) is 30.0 Å². The van der Waals surface area contributed by atoms with Crippen molar-refractivity contribution in [1.82, 2.24) is 0 Å². The molecule has 1 fully saturated rings. The predicted molar refractivity (Wildman–Crippen MR) is 104 cm³/mol. The van der Waals surface area contributed by atoms with Gasteiger partial charge in [0.2, 0.25) is 0 Å². The van der Waals surface area contributed by atoms with Gasteiger partial charge in [-0.2, -0.15) is 0 Å². The number of aliphatic hydroxyl groups is 1. The maximum absolute atomic E-state index is 11.1. The van der Waals surface area contributed by atoms with Crippen LogP contribution in [0.25, 0.3) is 0 Å². The lowest BCUT2D eigenvalue weighted by Crippen LogP contribution is -2.49. The van der Waals surface area contributed by atoms with Gasteiger partial charge in [-0.1, -0.05) is 33.3 Å². The number of carbonyl (C=O) groups is 2. The van der Waals surface area contributed by atoms with E-state index in [0.29, 0.717) is 17.9 Å². The molecule has 2 rings (SSSR count). The maximum Gasteiger partial charge on any atom is 0.328 e. The Balaban J connectivity index is 2.22. The molecule has 0 bridgehead atoms. The molecule has 2 N–H and O–H groups in total. The summed E-state index contributed by atoms with van der Waals surface area (Å²) in [5.41, 5.74) is 2.05. The third-order valence-electron chi connectivity index (χ3n) is 6.86. The van der Waals surface area contributed by atoms with E-state index in [9.17, 15) is 14.7 Å². The van der Waals surface area contributed by atoms with Gasteiger partial charge in [0.05, 0.1) is 6.61 Å². The minimum atomic E-state index is -1.03. The summed E-state index contributed by atoms with van der Waals surface area (Å²) in [5.74, 6) is -0.669. The highest BCUT2D eigenvalue weighted by Crippen LogP contribution is 2.60. The van der Waals surface area contributed by atoms with E-state index in [1.165, 1.54) is 19.8 Å². The van der Waals surface area contributed by atoms with Crippen molar-refractivity contribution in [3.05, 3.63) is 23.3 Å². The molecule has 5 heteroatoms. The average Bonchev–Trinajstić information content (AvgIpc) is 2.56. The van der Waals surface area contributed by atoms with Gasteiger partial charge in [0.1, 0.15) is 6.61 Å². The average molecular weight is 379 g/mol. The number of hydrogen-bond acceptors (Lipinski definition) is 4. The summed E-state index contributed by atoms with van der Waals surface area (Å²) < 4.78 is 5.03. The third-order valence-corrected chi connectivity index (χ3v) is 6.86. The van der Waals surface area contributed by atoms with Crippen LogP contribution in [0, 0.1) is 22.7 Å². The highest BCUT2D eigenvalue weighted by atomic mass is 16.5. The summed E-state index contributed by atoms with van der Waals surface area (Å²) in [6.07, 6.45) is 9.20. The van der Waals surface area contributed by atoms with Gasteiger partial charge in [-0.05, 0) is 65.9 Å². The number of ether oxygens (including phenoxy) is 1. The van der Waals surface area contributed by atoms with Crippen LogP contribution in [0.1, 0.15) is 66.2 Å². The van der Waals surface area contributed by atoms with E-state index in [0.717, 1.165) is 30.9 Å². The van der Waals surface area contributed by atoms with Crippen LogP contribution in [0.2, 0.25) is 0 Å². The zero-order valence-corrected chi connectivity index (χ0v) is 17.1. The SMILES string of the molecule is CC(=O)OC/C(=C/C(=O)O)CC[C@@H]1C(CO)=CC[C@@H]2C(C)(C)CCC[C@@]12C. The second-order valence-corrected chi connectivity index (χ2v) is 9.09. The van der Waals surface area contributed by atoms with Gasteiger partial charge in [-0.25, -0.2) is 4.79 Å². The van der Waals surface area contributed by atoms with Crippen molar-refractivity contribution in [2.45, 2.75) is 66.2 Å². The zero-order valence-electron chi connectivity index (χ0n) is 17.1. The summed E-state index contributed by atoms with van der Waals surface area (Å²) in [4.78, 5) is 22.2. The number of aliphatic carboxylic acids is 1. The first-order valence-corrected chi connectivity index (χ1v) is 9.95. The fraction of sp³-hybridized carbons (Fsp3) is 0.727. The number of allylic oxidation sites excluding steroid dienone is 1. The van der Waals surface area contributed by atoms with E-state index >= 15 is 0 Å². The zero-order chi connectivity index (χ0) is 20.2. The Morgan fingerprint density at radius 3 is 2.59 bits per heavy atom. The monoisotopic (exact) mass is 378 g/mol. The number of carboxylic acids is 1. The molecule has 27 heavy (non-hydrogen) atoms. The molecule has 2 aliphatic rings. The Morgan fingerprint density at radius 1 is 1.30 bits per heavy atom. The van der Waals surface area contributed by atoms with Gasteiger partial charge in [0.15, 0.2) is 0 Å². The molecular weight excluding hydrogens is 344 g/mol. The minimum absolute atomic E-state index is 0.0121. The fourth-order valence-corrected chi connectivity index (χ4v) is 5.58. The van der Waals surface area contributed by atoms with Crippen LogP contribution in [0.5, 0.6) is 0 Å². The van der Waals surface area contributed by atoms with Crippen LogP contribution < -0.4 is 0 Å². The molecule has 0 radical (unpaired) electrons. The van der Waals surface area contributed by atoms with Crippen molar-refractivity contribution in [2.24, 2.45) is 22.7 Å². The lowest BCUT2D eigenvalue weighted by atomic mass is 9.48. The Labute approximate surface area is 162 Å². The molecule has 0 amide bonds. The van der Waals surface area contributed by atoms with Gasteiger partial charge >= 0.3 is 11.9 Å². The Bertz CT molecular complexity index is 631. The highest BCUT2D eigenvalue weighted by molar-refractivity contribution is 5.80. The van der Waals surface area contributed by atoms with E-state index < -0.39 is 11.9 Å². The molecule has 0 heterocycles. The van der Waals surface area contributed by atoms with E-state index in [2.05, 4.69) is 26.8 Å². The normalized spacial score (nSPS) is 30.3. The van der Waals surface area contributed by atoms with Crippen LogP contribution in [-0.4, -0.2) is 35.4 Å². The Morgan fingerprint density at radius 2 is 2.00 bits per heavy atom. The lowest BCUT2D eigenvalue weighted by Gasteiger charge is -2.57. The number of fused-ring (bicyclic) bond motifs is 1. The van der Waals surface area contributed by atoms with Gasteiger partial charge in [0, 0.05) is 13.0 Å². The Kier molecular flexibility index (Phi) is 6.90. The molecule has 0 unspecified atom stereocenters. The first kappa shape index (κ1) is 21.7. The number of esters is 1. The second-order valence-electron chi connectivity index (χ2n) is 9.09. The lowest BCUT2D eigenvalue weighted by molar-refractivity contribution is -0.140. The van der Waals surface area contributed by atoms with Crippen LogP contribution in [-0.2, 0) is 14.3 Å². The molecule has 1 saturated carbocycles. The quantitative estimate of drug-likeness (QED) is 0.396. The van der Waals surface area contributed by atoms with Crippen molar-refractivity contribution in [2.75, 3.05) is 13.2 Å². The maximum atomic E-state index is 11.1. The topological polar surface area (TPSA) is 83.8 Å². The molecular formula is C22H34O5. The van der Waals surface area contributed by atoms with Gasteiger partial charge in [-0.15, -0.1) is 0 Å². The molecule has 152 valence electrons. The number of carbonyl (C=O) groups excluding carboxylic acids is 1. The number of rotatable bonds is 7. The van der Waals surface area contributed by atoms with Crippen LogP contribution in [0.3, 0.4) is 0 Å². The first-order valence-electron chi connectivity index (χ1n) is 9.95. The van der Waals surface area contributed by atoms with Crippen molar-refractivity contribution < 1.29 is 24.5 Å². The first-order chi connectivity index (χ1) is 12.6. The van der Waals surface area contributed by atoms with Gasteiger partial charge in [-0.3, -0.25) is 4.79 Å². The Hall–Kier alpha value is -1.62. The van der Waals surface area contributed by atoms with Crippen molar-refractivity contribution in [1.29, 1.82) is 0 Å². The summed E-state index contributed by atoms with van der Waals surface area (Å²) in [5, 5.41) is 19.1. The summed E-state index contributed by atoms with van der Waals surface area (Å²) in [6, 6.07) is 0. The highest BCUT2D eigenvalue weighted by Gasteiger charge is 2.51. The number of carboxylic acid groups (broad SMARTS) is 1. The molecule has 0 aromatic carbocycles. The summed E-state index contributed by atoms with van der Waals surface area (Å²) >= 11 is 0. The fourth-order valence-electron chi connectivity index (χ4n) is 5.58. The molecule has 3 atom stereocenters. The predicted octanol–water partition coefficient (Wildman–Crippen LogP) is 4.11. The van der Waals surface area contributed by atoms with E-state index in [1.807, 2.05) is 0 Å². The molecule has 5 nitrogen and oxygen atoms in total. The number of hydrogen-bond donors (Lipinski definition) is 2. The molecule has 2 aliphatic carbocycles. The van der Waals surface area contributed by atoms with Crippen molar-refractivity contribution in [3.63, 3.8) is 0 Å². The molecule has 0 aromatic heterocycles. The minimum Gasteiger partial charge on any atom is -0.478 e. The molecule has 0 aromatic rings. The largest absolute Gasteiger partial charge is 0.478 e. The molecule has 0 aliphatic heterocycles. The second kappa shape index (κ2) is 8.59. The van der Waals surface area contributed by atoms with Crippen LogP contribution >= 0.6 is 0 Å². The molecule has 0 saturated heterocycles. The van der Waals surface area contributed by atoms with E-state index in [1.54, 1.807) is 0 Å². The van der Waals surface area contributed by atoms with E-state index in [4.69, 9.17) is 9.84 Å². The molecule has 0 spiro atoms. The van der Waals surface area contributed by atoms with Crippen molar-refractivity contribution in [3.8, 4) is 0 Å². The van der Waals surface area contributed by atoms with Gasteiger partial charge < -0.3 is 14.9 Å². The summed E-state index contributed by atoms with van der Waals surface area (Å²) in [7, 11) is 0. The third kappa shape index (κ3) is 5.01. The number of aliphatic hydroxyl groups excluding tert-OH is 1. The standard InChI is InChI=1S/C22H34O5/c1-15(24)27-14-16(12-20(25)26)6-8-18-17(13-23)7-9-19-21(2,3)10-5-11-22(18,19)4/h7,12,18-19,23H,5-6,8-11,13-14H2,1-4H3,(H,25,26)/b16-12+/t18-,19-,22+/m1/s1. The smallest absolute Gasteiger partial charge is 0.328 e.